The summed E-state index contributed by atoms with van der Waals surface area (Å²) in [5.74, 6) is -2.25. The molecule has 0 aliphatic carbocycles. The van der Waals surface area contributed by atoms with E-state index in [9.17, 15) is 27.7 Å². The minimum atomic E-state index is -4.79. The Hall–Kier alpha value is -3.89. The number of non-ortho nitro benzene ring substituents is 1. The summed E-state index contributed by atoms with van der Waals surface area (Å²) in [4.78, 5) is 17.9. The highest BCUT2D eigenvalue weighted by Crippen LogP contribution is 2.31. The molecule has 0 fully saturated rings. The fourth-order valence-corrected chi connectivity index (χ4v) is 2.74. The Labute approximate surface area is 159 Å². The van der Waals surface area contributed by atoms with Crippen LogP contribution in [0.3, 0.4) is 0 Å². The molecule has 0 radical (unpaired) electrons. The first-order valence-electron chi connectivity index (χ1n) is 8.08. The lowest BCUT2D eigenvalue weighted by atomic mass is 10.1. The maximum absolute atomic E-state index is 13.3. The van der Waals surface area contributed by atoms with E-state index < -0.39 is 22.7 Å². The van der Waals surface area contributed by atoms with Crippen molar-refractivity contribution in [1.82, 2.24) is 19.6 Å². The molecule has 0 saturated heterocycles. The van der Waals surface area contributed by atoms with Gasteiger partial charge >= 0.3 is 6.18 Å². The van der Waals surface area contributed by atoms with Crippen molar-refractivity contribution < 1.29 is 22.5 Å². The Morgan fingerprint density at radius 3 is 2.34 bits per heavy atom. The molecule has 0 N–H and O–H groups in total. The molecule has 7 nitrogen and oxygen atoms in total. The topological polar surface area (TPSA) is 86.2 Å². The summed E-state index contributed by atoms with van der Waals surface area (Å²) in [5, 5.41) is 14.5. The fourth-order valence-electron chi connectivity index (χ4n) is 2.74. The maximum Gasteiger partial charge on any atom is 0.453 e. The first-order valence-corrected chi connectivity index (χ1v) is 8.08. The van der Waals surface area contributed by atoms with E-state index in [0.717, 1.165) is 16.6 Å². The van der Waals surface area contributed by atoms with Gasteiger partial charge in [-0.25, -0.2) is 9.37 Å². The van der Waals surface area contributed by atoms with E-state index in [1.54, 1.807) is 0 Å². The lowest BCUT2D eigenvalue weighted by Gasteiger charge is -2.08. The molecule has 29 heavy (non-hydrogen) atoms. The van der Waals surface area contributed by atoms with E-state index in [0.29, 0.717) is 11.1 Å². The molecule has 0 atom stereocenters. The highest BCUT2D eigenvalue weighted by Gasteiger charge is 2.37. The summed E-state index contributed by atoms with van der Waals surface area (Å²) in [7, 11) is 0. The third-order valence-electron chi connectivity index (χ3n) is 4.06. The van der Waals surface area contributed by atoms with Crippen molar-refractivity contribution in [2.45, 2.75) is 6.18 Å². The Morgan fingerprint density at radius 1 is 0.966 bits per heavy atom. The number of hydrogen-bond donors (Lipinski definition) is 0. The summed E-state index contributed by atoms with van der Waals surface area (Å²) >= 11 is 0. The molecule has 4 rings (SSSR count). The average molecular weight is 403 g/mol. The van der Waals surface area contributed by atoms with Gasteiger partial charge in [-0.05, 0) is 30.3 Å². The first-order chi connectivity index (χ1) is 13.7. The zero-order chi connectivity index (χ0) is 20.8. The number of hydrogen-bond acceptors (Lipinski definition) is 5. The summed E-state index contributed by atoms with van der Waals surface area (Å²) in [6.07, 6.45) is -4.79. The first kappa shape index (κ1) is 18.5. The Morgan fingerprint density at radius 2 is 1.69 bits per heavy atom. The minimum absolute atomic E-state index is 0.154. The van der Waals surface area contributed by atoms with Gasteiger partial charge < -0.3 is 0 Å². The number of nitrogens with zero attached hydrogens (tertiary/aromatic N) is 5. The molecule has 0 aliphatic heterocycles. The quantitative estimate of drug-likeness (QED) is 0.285. The normalized spacial score (nSPS) is 11.7. The largest absolute Gasteiger partial charge is 0.453 e. The van der Waals surface area contributed by atoms with Crippen molar-refractivity contribution in [2.24, 2.45) is 0 Å². The van der Waals surface area contributed by atoms with Crippen LogP contribution >= 0.6 is 0 Å². The molecule has 2 aromatic heterocycles. The van der Waals surface area contributed by atoms with Crippen molar-refractivity contribution in [3.8, 4) is 22.5 Å². The smallest absolute Gasteiger partial charge is 0.258 e. The van der Waals surface area contributed by atoms with Crippen LogP contribution in [0.1, 0.15) is 5.82 Å². The zero-order valence-corrected chi connectivity index (χ0v) is 14.3. The van der Waals surface area contributed by atoms with Crippen LogP contribution in [0.15, 0.2) is 54.6 Å². The van der Waals surface area contributed by atoms with Gasteiger partial charge in [0, 0.05) is 23.3 Å². The van der Waals surface area contributed by atoms with Crippen molar-refractivity contribution >= 4 is 11.5 Å². The van der Waals surface area contributed by atoms with Crippen LogP contribution in [0.4, 0.5) is 23.2 Å². The van der Waals surface area contributed by atoms with Gasteiger partial charge in [0.25, 0.3) is 17.3 Å². The van der Waals surface area contributed by atoms with Crippen molar-refractivity contribution in [3.63, 3.8) is 0 Å². The molecular weight excluding hydrogens is 394 g/mol. The van der Waals surface area contributed by atoms with Crippen molar-refractivity contribution in [1.29, 1.82) is 0 Å². The lowest BCUT2D eigenvalue weighted by molar-refractivity contribution is -0.384. The monoisotopic (exact) mass is 403 g/mol. The molecule has 0 amide bonds. The predicted octanol–water partition coefficient (Wildman–Crippen LogP) is 4.52. The number of halogens is 4. The average Bonchev–Trinajstić information content (AvgIpc) is 3.13. The summed E-state index contributed by atoms with van der Waals surface area (Å²) in [5.41, 5.74) is 0.789. The van der Waals surface area contributed by atoms with Gasteiger partial charge in [-0.15, -0.1) is 5.10 Å². The summed E-state index contributed by atoms with van der Waals surface area (Å²) < 4.78 is 53.4. The summed E-state index contributed by atoms with van der Waals surface area (Å²) in [6.45, 7) is 0. The van der Waals surface area contributed by atoms with Crippen LogP contribution in [0.5, 0.6) is 0 Å². The molecule has 146 valence electrons. The van der Waals surface area contributed by atoms with Gasteiger partial charge in [0.15, 0.2) is 0 Å². The number of fused-ring (bicyclic) bond motifs is 1. The van der Waals surface area contributed by atoms with Crippen LogP contribution in [0.2, 0.25) is 0 Å². The molecular formula is C18H9F4N5O2. The van der Waals surface area contributed by atoms with Crippen LogP contribution in [-0.2, 0) is 6.18 Å². The van der Waals surface area contributed by atoms with Crippen LogP contribution < -0.4 is 0 Å². The molecule has 11 heteroatoms. The highest BCUT2D eigenvalue weighted by atomic mass is 19.4. The standard InChI is InChI=1S/C18H9F4N5O2/c19-12-6-4-10(5-7-12)15-9-14(11-2-1-3-13(8-11)27(28)29)23-17-24-16(18(20,21)22)25-26(15)17/h1-9H. The summed E-state index contributed by atoms with van der Waals surface area (Å²) in [6, 6.07) is 11.9. The van der Waals surface area contributed by atoms with Crippen LogP contribution in [0, 0.1) is 15.9 Å². The second-order valence-corrected chi connectivity index (χ2v) is 5.99. The number of rotatable bonds is 3. The zero-order valence-electron chi connectivity index (χ0n) is 14.3. The SMILES string of the molecule is O=[N+]([O-])c1cccc(-c2cc(-c3ccc(F)cc3)n3nc(C(F)(F)F)nc3n2)c1. The lowest BCUT2D eigenvalue weighted by Crippen LogP contribution is -2.08. The van der Waals surface area contributed by atoms with E-state index in [2.05, 4.69) is 15.1 Å². The van der Waals surface area contributed by atoms with Crippen molar-refractivity contribution in [3.05, 3.63) is 76.4 Å². The number of nitro groups is 1. The van der Waals surface area contributed by atoms with Gasteiger partial charge in [0.2, 0.25) is 0 Å². The minimum Gasteiger partial charge on any atom is -0.258 e. The van der Waals surface area contributed by atoms with E-state index in [4.69, 9.17) is 0 Å². The highest BCUT2D eigenvalue weighted by molar-refractivity contribution is 5.71. The second kappa shape index (κ2) is 6.62. The molecule has 0 bridgehead atoms. The number of alkyl halides is 3. The Kier molecular flexibility index (Phi) is 4.22. The van der Waals surface area contributed by atoms with Gasteiger partial charge in [-0.3, -0.25) is 10.1 Å². The van der Waals surface area contributed by atoms with Gasteiger partial charge in [-0.1, -0.05) is 12.1 Å². The molecule has 0 spiro atoms. The maximum atomic E-state index is 13.3. The number of nitro benzene ring substituents is 1. The van der Waals surface area contributed by atoms with Crippen LogP contribution in [0.25, 0.3) is 28.3 Å². The Bertz CT molecular complexity index is 1240. The van der Waals surface area contributed by atoms with E-state index >= 15 is 0 Å². The third kappa shape index (κ3) is 3.49. The molecule has 0 aliphatic rings. The fraction of sp³-hybridized carbons (Fsp3) is 0.0556. The molecule has 2 aromatic carbocycles. The van der Waals surface area contributed by atoms with Gasteiger partial charge in [0.05, 0.1) is 16.3 Å². The van der Waals surface area contributed by atoms with Crippen LogP contribution in [-0.4, -0.2) is 24.5 Å². The van der Waals surface area contributed by atoms with Gasteiger partial charge in [0.1, 0.15) is 5.82 Å². The predicted molar refractivity (Wildman–Crippen MR) is 93.3 cm³/mol. The Balaban J connectivity index is 1.98. The molecule has 0 unspecified atom stereocenters. The number of benzene rings is 2. The van der Waals surface area contributed by atoms with E-state index in [-0.39, 0.29) is 22.9 Å². The van der Waals surface area contributed by atoms with E-state index in [1.807, 2.05) is 0 Å². The van der Waals surface area contributed by atoms with Gasteiger partial charge in [-0.2, -0.15) is 22.7 Å². The second-order valence-electron chi connectivity index (χ2n) is 5.99. The molecule has 2 heterocycles. The molecule has 0 saturated carbocycles. The van der Waals surface area contributed by atoms with E-state index in [1.165, 1.54) is 42.5 Å². The van der Waals surface area contributed by atoms with Crippen molar-refractivity contribution in [2.75, 3.05) is 0 Å². The third-order valence-corrected chi connectivity index (χ3v) is 4.06. The molecule has 4 aromatic rings. The number of aromatic nitrogens is 4.